The Bertz CT molecular complexity index is 477. The van der Waals surface area contributed by atoms with Crippen molar-refractivity contribution >= 4 is 11.8 Å². The first-order valence-corrected chi connectivity index (χ1v) is 6.44. The highest BCUT2D eigenvalue weighted by Crippen LogP contribution is 2.15. The van der Waals surface area contributed by atoms with E-state index in [0.29, 0.717) is 13.1 Å². The molecule has 6 nitrogen and oxygen atoms in total. The van der Waals surface area contributed by atoms with Crippen LogP contribution >= 0.6 is 0 Å². The number of ether oxygens (including phenoxy) is 1. The molecule has 0 radical (unpaired) electrons. The molecule has 0 aromatic heterocycles. The van der Waals surface area contributed by atoms with Crippen molar-refractivity contribution in [3.8, 4) is 0 Å². The molecular formula is C14H20N2O4. The molecule has 1 aromatic rings. The Balaban J connectivity index is 2.73. The highest BCUT2D eigenvalue weighted by Gasteiger charge is 2.21. The zero-order valence-electron chi connectivity index (χ0n) is 12.3. The number of nitro groups is 1. The van der Waals surface area contributed by atoms with E-state index in [1.54, 1.807) is 17.0 Å². The predicted octanol–water partition coefficient (Wildman–Crippen LogP) is 3.35. The SMILES string of the molecule is CCN(Cc1ccc([N+](=O)[O-])cc1)C(=O)OC(C)(C)C. The van der Waals surface area contributed by atoms with Gasteiger partial charge < -0.3 is 9.64 Å². The van der Waals surface area contributed by atoms with E-state index in [-0.39, 0.29) is 5.69 Å². The number of hydrogen-bond acceptors (Lipinski definition) is 4. The number of non-ortho nitro benzene ring substituents is 1. The smallest absolute Gasteiger partial charge is 0.410 e. The molecule has 6 heteroatoms. The lowest BCUT2D eigenvalue weighted by molar-refractivity contribution is -0.384. The predicted molar refractivity (Wildman–Crippen MR) is 75.4 cm³/mol. The maximum Gasteiger partial charge on any atom is 0.410 e. The minimum atomic E-state index is -0.542. The standard InChI is InChI=1S/C14H20N2O4/c1-5-15(13(17)20-14(2,3)4)10-11-6-8-12(9-7-11)16(18)19/h6-9H,5,10H2,1-4H3. The van der Waals surface area contributed by atoms with Crippen LogP contribution in [0.3, 0.4) is 0 Å². The van der Waals surface area contributed by atoms with E-state index in [9.17, 15) is 14.9 Å². The molecule has 0 N–H and O–H groups in total. The zero-order valence-corrected chi connectivity index (χ0v) is 12.3. The van der Waals surface area contributed by atoms with Crippen molar-refractivity contribution in [2.75, 3.05) is 6.54 Å². The molecule has 1 amide bonds. The van der Waals surface area contributed by atoms with Crippen LogP contribution in [0.2, 0.25) is 0 Å². The van der Waals surface area contributed by atoms with Crippen molar-refractivity contribution in [3.63, 3.8) is 0 Å². The Morgan fingerprint density at radius 2 is 1.85 bits per heavy atom. The van der Waals surface area contributed by atoms with Crippen molar-refractivity contribution in [2.45, 2.75) is 39.8 Å². The Morgan fingerprint density at radius 1 is 1.30 bits per heavy atom. The van der Waals surface area contributed by atoms with Crippen LogP contribution in [0.4, 0.5) is 10.5 Å². The molecule has 110 valence electrons. The van der Waals surface area contributed by atoms with Crippen LogP contribution in [0.5, 0.6) is 0 Å². The molecule has 0 saturated heterocycles. The minimum Gasteiger partial charge on any atom is -0.444 e. The number of hydrogen-bond donors (Lipinski definition) is 0. The van der Waals surface area contributed by atoms with Gasteiger partial charge in [0.2, 0.25) is 0 Å². The average molecular weight is 280 g/mol. The summed E-state index contributed by atoms with van der Waals surface area (Å²) in [5.41, 5.74) is 0.317. The largest absolute Gasteiger partial charge is 0.444 e. The van der Waals surface area contributed by atoms with Gasteiger partial charge in [0, 0.05) is 25.2 Å². The van der Waals surface area contributed by atoms with Gasteiger partial charge in [-0.15, -0.1) is 0 Å². The molecule has 0 heterocycles. The fourth-order valence-corrected chi connectivity index (χ4v) is 1.58. The van der Waals surface area contributed by atoms with Crippen LogP contribution in [0.1, 0.15) is 33.3 Å². The average Bonchev–Trinajstić information content (AvgIpc) is 2.34. The molecule has 0 aliphatic carbocycles. The van der Waals surface area contributed by atoms with Gasteiger partial charge in [-0.2, -0.15) is 0 Å². The van der Waals surface area contributed by atoms with E-state index in [1.807, 2.05) is 27.7 Å². The van der Waals surface area contributed by atoms with E-state index >= 15 is 0 Å². The number of nitrogens with zero attached hydrogens (tertiary/aromatic N) is 2. The first-order chi connectivity index (χ1) is 9.23. The van der Waals surface area contributed by atoms with Crippen LogP contribution in [-0.2, 0) is 11.3 Å². The van der Waals surface area contributed by atoms with Gasteiger partial charge in [-0.05, 0) is 33.3 Å². The van der Waals surface area contributed by atoms with Gasteiger partial charge in [0.15, 0.2) is 0 Å². The number of carbonyl (C=O) groups excluding carboxylic acids is 1. The van der Waals surface area contributed by atoms with Crippen molar-refractivity contribution in [2.24, 2.45) is 0 Å². The van der Waals surface area contributed by atoms with Crippen LogP contribution in [0.15, 0.2) is 24.3 Å². The first kappa shape index (κ1) is 15.9. The maximum atomic E-state index is 12.0. The summed E-state index contributed by atoms with van der Waals surface area (Å²) in [6.07, 6.45) is -0.390. The maximum absolute atomic E-state index is 12.0. The lowest BCUT2D eigenvalue weighted by Gasteiger charge is -2.26. The Morgan fingerprint density at radius 3 is 2.25 bits per heavy atom. The second kappa shape index (κ2) is 6.36. The molecule has 0 atom stereocenters. The number of nitro benzene ring substituents is 1. The summed E-state index contributed by atoms with van der Waals surface area (Å²) in [6, 6.07) is 6.15. The van der Waals surface area contributed by atoms with E-state index in [1.165, 1.54) is 12.1 Å². The van der Waals surface area contributed by atoms with E-state index < -0.39 is 16.6 Å². The molecule has 0 aliphatic heterocycles. The normalized spacial score (nSPS) is 11.0. The second-order valence-corrected chi connectivity index (χ2v) is 5.42. The van der Waals surface area contributed by atoms with Crippen molar-refractivity contribution in [1.82, 2.24) is 4.90 Å². The summed E-state index contributed by atoms with van der Waals surface area (Å²) in [6.45, 7) is 8.16. The van der Waals surface area contributed by atoms with Gasteiger partial charge in [-0.1, -0.05) is 12.1 Å². The fraction of sp³-hybridized carbons (Fsp3) is 0.500. The summed E-state index contributed by atoms with van der Waals surface area (Å²) in [4.78, 5) is 23.6. The van der Waals surface area contributed by atoms with Gasteiger partial charge in [-0.3, -0.25) is 10.1 Å². The van der Waals surface area contributed by atoms with E-state index in [2.05, 4.69) is 0 Å². The van der Waals surface area contributed by atoms with Crippen LogP contribution in [0, 0.1) is 10.1 Å². The first-order valence-electron chi connectivity index (χ1n) is 6.44. The third kappa shape index (κ3) is 4.87. The zero-order chi connectivity index (χ0) is 15.3. The van der Waals surface area contributed by atoms with Gasteiger partial charge in [0.25, 0.3) is 5.69 Å². The molecule has 0 fully saturated rings. The number of amides is 1. The van der Waals surface area contributed by atoms with Crippen LogP contribution < -0.4 is 0 Å². The Labute approximate surface area is 118 Å². The quantitative estimate of drug-likeness (QED) is 0.626. The van der Waals surface area contributed by atoms with E-state index in [0.717, 1.165) is 5.56 Å². The summed E-state index contributed by atoms with van der Waals surface area (Å²) in [5, 5.41) is 10.6. The third-order valence-electron chi connectivity index (χ3n) is 2.55. The molecule has 0 bridgehead atoms. The van der Waals surface area contributed by atoms with Crippen molar-refractivity contribution in [1.29, 1.82) is 0 Å². The summed E-state index contributed by atoms with van der Waals surface area (Å²) in [7, 11) is 0. The van der Waals surface area contributed by atoms with Gasteiger partial charge >= 0.3 is 6.09 Å². The third-order valence-corrected chi connectivity index (χ3v) is 2.55. The fourth-order valence-electron chi connectivity index (χ4n) is 1.58. The van der Waals surface area contributed by atoms with Gasteiger partial charge in [-0.25, -0.2) is 4.79 Å². The number of carbonyl (C=O) groups is 1. The molecule has 0 saturated carbocycles. The number of benzene rings is 1. The van der Waals surface area contributed by atoms with E-state index in [4.69, 9.17) is 4.74 Å². The highest BCUT2D eigenvalue weighted by atomic mass is 16.6. The monoisotopic (exact) mass is 280 g/mol. The van der Waals surface area contributed by atoms with Crippen molar-refractivity contribution in [3.05, 3.63) is 39.9 Å². The molecule has 1 aromatic carbocycles. The molecular weight excluding hydrogens is 260 g/mol. The van der Waals surface area contributed by atoms with Crippen LogP contribution in [-0.4, -0.2) is 28.1 Å². The second-order valence-electron chi connectivity index (χ2n) is 5.42. The lowest BCUT2D eigenvalue weighted by Crippen LogP contribution is -2.36. The van der Waals surface area contributed by atoms with Gasteiger partial charge in [0.05, 0.1) is 4.92 Å². The summed E-state index contributed by atoms with van der Waals surface area (Å²) < 4.78 is 5.30. The minimum absolute atomic E-state index is 0.0362. The molecule has 1 rings (SSSR count). The number of rotatable bonds is 4. The lowest BCUT2D eigenvalue weighted by atomic mass is 10.2. The van der Waals surface area contributed by atoms with Crippen LogP contribution in [0.25, 0.3) is 0 Å². The molecule has 20 heavy (non-hydrogen) atoms. The van der Waals surface area contributed by atoms with Gasteiger partial charge in [0.1, 0.15) is 5.60 Å². The Hall–Kier alpha value is -2.11. The highest BCUT2D eigenvalue weighted by molar-refractivity contribution is 5.68. The molecule has 0 unspecified atom stereocenters. The Kier molecular flexibility index (Phi) is 5.07. The summed E-state index contributed by atoms with van der Waals surface area (Å²) in [5.74, 6) is 0. The molecule has 0 aliphatic rings. The summed E-state index contributed by atoms with van der Waals surface area (Å²) >= 11 is 0. The van der Waals surface area contributed by atoms with Crippen molar-refractivity contribution < 1.29 is 14.5 Å². The topological polar surface area (TPSA) is 72.7 Å². The molecule has 0 spiro atoms.